The van der Waals surface area contributed by atoms with E-state index in [0.717, 1.165) is 31.2 Å². The molecule has 0 radical (unpaired) electrons. The number of halogens is 2. The van der Waals surface area contributed by atoms with E-state index >= 15 is 0 Å². The van der Waals surface area contributed by atoms with Gasteiger partial charge in [-0.25, -0.2) is 8.78 Å². The van der Waals surface area contributed by atoms with Crippen molar-refractivity contribution in [2.75, 3.05) is 0 Å². The van der Waals surface area contributed by atoms with Crippen LogP contribution in [0.3, 0.4) is 0 Å². The molecule has 0 N–H and O–H groups in total. The summed E-state index contributed by atoms with van der Waals surface area (Å²) in [7, 11) is 0. The Morgan fingerprint density at radius 2 is 1.18 bits per heavy atom. The SMILES string of the molecule is Cc1ccc(C2CCC(c3cc(F)c(C)c(F)c3)CC2)cc1. The van der Waals surface area contributed by atoms with Gasteiger partial charge in [0.25, 0.3) is 0 Å². The van der Waals surface area contributed by atoms with E-state index in [1.54, 1.807) is 0 Å². The second kappa shape index (κ2) is 6.20. The van der Waals surface area contributed by atoms with Crippen molar-refractivity contribution in [2.24, 2.45) is 0 Å². The van der Waals surface area contributed by atoms with E-state index < -0.39 is 11.6 Å². The zero-order chi connectivity index (χ0) is 15.7. The van der Waals surface area contributed by atoms with Crippen molar-refractivity contribution in [3.8, 4) is 0 Å². The molecule has 0 nitrogen and oxygen atoms in total. The van der Waals surface area contributed by atoms with Crippen molar-refractivity contribution in [2.45, 2.75) is 51.4 Å². The van der Waals surface area contributed by atoms with E-state index in [0.29, 0.717) is 5.92 Å². The Morgan fingerprint density at radius 1 is 0.727 bits per heavy atom. The lowest BCUT2D eigenvalue weighted by molar-refractivity contribution is 0.394. The average molecular weight is 300 g/mol. The zero-order valence-corrected chi connectivity index (χ0v) is 13.2. The first-order valence-corrected chi connectivity index (χ1v) is 8.06. The maximum absolute atomic E-state index is 13.7. The van der Waals surface area contributed by atoms with Gasteiger partial charge in [0, 0.05) is 5.56 Å². The van der Waals surface area contributed by atoms with Gasteiger partial charge in [0.15, 0.2) is 0 Å². The standard InChI is InChI=1S/C20H22F2/c1-13-3-5-15(6-4-13)16-7-9-17(10-8-16)18-11-19(21)14(2)20(22)12-18/h3-6,11-12,16-17H,7-10H2,1-2H3. The van der Waals surface area contributed by atoms with Crippen LogP contribution in [0.4, 0.5) is 8.78 Å². The summed E-state index contributed by atoms with van der Waals surface area (Å²) in [6.45, 7) is 3.59. The Bertz CT molecular complexity index is 627. The highest BCUT2D eigenvalue weighted by atomic mass is 19.1. The van der Waals surface area contributed by atoms with Crippen LogP contribution >= 0.6 is 0 Å². The third-order valence-electron chi connectivity index (χ3n) is 5.05. The summed E-state index contributed by atoms with van der Waals surface area (Å²) < 4.78 is 27.5. The zero-order valence-electron chi connectivity index (χ0n) is 13.2. The highest BCUT2D eigenvalue weighted by molar-refractivity contribution is 5.29. The van der Waals surface area contributed by atoms with Gasteiger partial charge >= 0.3 is 0 Å². The van der Waals surface area contributed by atoms with E-state index in [1.807, 2.05) is 0 Å². The number of hydrogen-bond acceptors (Lipinski definition) is 0. The van der Waals surface area contributed by atoms with Gasteiger partial charge < -0.3 is 0 Å². The van der Waals surface area contributed by atoms with Crippen molar-refractivity contribution < 1.29 is 8.78 Å². The Labute approximate surface area is 131 Å². The predicted octanol–water partition coefficient (Wildman–Crippen LogP) is 6.02. The van der Waals surface area contributed by atoms with Crippen molar-refractivity contribution in [1.29, 1.82) is 0 Å². The minimum atomic E-state index is -0.421. The first kappa shape index (κ1) is 15.2. The van der Waals surface area contributed by atoms with Crippen LogP contribution in [0.15, 0.2) is 36.4 Å². The molecule has 0 aromatic heterocycles. The molecule has 1 fully saturated rings. The predicted molar refractivity (Wildman–Crippen MR) is 86.2 cm³/mol. The highest BCUT2D eigenvalue weighted by Crippen LogP contribution is 2.41. The third-order valence-corrected chi connectivity index (χ3v) is 5.05. The lowest BCUT2D eigenvalue weighted by Crippen LogP contribution is -2.13. The number of hydrogen-bond donors (Lipinski definition) is 0. The molecule has 2 heteroatoms. The Kier molecular flexibility index (Phi) is 4.28. The molecule has 0 atom stereocenters. The fourth-order valence-electron chi connectivity index (χ4n) is 3.50. The van der Waals surface area contributed by atoms with Crippen LogP contribution in [0.1, 0.15) is 59.8 Å². The summed E-state index contributed by atoms with van der Waals surface area (Å²) in [5, 5.41) is 0. The lowest BCUT2D eigenvalue weighted by atomic mass is 9.76. The summed E-state index contributed by atoms with van der Waals surface area (Å²) in [4.78, 5) is 0. The normalized spacial score (nSPS) is 21.8. The van der Waals surface area contributed by atoms with Gasteiger partial charge in [0.2, 0.25) is 0 Å². The Morgan fingerprint density at radius 3 is 1.68 bits per heavy atom. The summed E-state index contributed by atoms with van der Waals surface area (Å²) in [6.07, 6.45) is 4.18. The van der Waals surface area contributed by atoms with Gasteiger partial charge in [-0.05, 0) is 74.6 Å². The lowest BCUT2D eigenvalue weighted by Gasteiger charge is -2.29. The molecule has 0 aliphatic heterocycles. The second-order valence-corrected chi connectivity index (χ2v) is 6.57. The van der Waals surface area contributed by atoms with Crippen LogP contribution in [0.5, 0.6) is 0 Å². The molecule has 0 heterocycles. The van der Waals surface area contributed by atoms with Crippen LogP contribution in [0, 0.1) is 25.5 Å². The quantitative estimate of drug-likeness (QED) is 0.636. The van der Waals surface area contributed by atoms with Gasteiger partial charge in [0.1, 0.15) is 11.6 Å². The summed E-state index contributed by atoms with van der Waals surface area (Å²) in [5.41, 5.74) is 3.62. The molecule has 2 aromatic rings. The van der Waals surface area contributed by atoms with Crippen molar-refractivity contribution >= 4 is 0 Å². The van der Waals surface area contributed by atoms with E-state index in [9.17, 15) is 8.78 Å². The van der Waals surface area contributed by atoms with Crippen LogP contribution in [0.25, 0.3) is 0 Å². The van der Waals surface area contributed by atoms with Crippen molar-refractivity contribution in [3.63, 3.8) is 0 Å². The monoisotopic (exact) mass is 300 g/mol. The largest absolute Gasteiger partial charge is 0.207 e. The summed E-state index contributed by atoms with van der Waals surface area (Å²) in [6, 6.07) is 11.8. The number of aryl methyl sites for hydroxylation is 1. The molecular weight excluding hydrogens is 278 g/mol. The smallest absolute Gasteiger partial charge is 0.129 e. The van der Waals surface area contributed by atoms with Gasteiger partial charge in [-0.15, -0.1) is 0 Å². The molecule has 22 heavy (non-hydrogen) atoms. The van der Waals surface area contributed by atoms with E-state index in [2.05, 4.69) is 31.2 Å². The van der Waals surface area contributed by atoms with Crippen LogP contribution in [-0.2, 0) is 0 Å². The molecule has 0 saturated heterocycles. The Balaban J connectivity index is 1.70. The van der Waals surface area contributed by atoms with E-state index in [4.69, 9.17) is 0 Å². The van der Waals surface area contributed by atoms with Crippen molar-refractivity contribution in [3.05, 3.63) is 70.3 Å². The molecule has 0 bridgehead atoms. The molecule has 3 rings (SSSR count). The molecule has 116 valence electrons. The first-order chi connectivity index (χ1) is 10.5. The van der Waals surface area contributed by atoms with Crippen molar-refractivity contribution in [1.82, 2.24) is 0 Å². The minimum absolute atomic E-state index is 0.122. The van der Waals surface area contributed by atoms with Crippen LogP contribution in [-0.4, -0.2) is 0 Å². The first-order valence-electron chi connectivity index (χ1n) is 8.06. The molecule has 1 aliphatic carbocycles. The van der Waals surface area contributed by atoms with E-state index in [-0.39, 0.29) is 11.5 Å². The minimum Gasteiger partial charge on any atom is -0.207 e. The third kappa shape index (κ3) is 3.06. The molecule has 2 aromatic carbocycles. The molecule has 0 amide bonds. The fourth-order valence-corrected chi connectivity index (χ4v) is 3.50. The molecule has 1 aliphatic rings. The molecular formula is C20H22F2. The van der Waals surface area contributed by atoms with Gasteiger partial charge in [-0.3, -0.25) is 0 Å². The number of rotatable bonds is 2. The van der Waals surface area contributed by atoms with Gasteiger partial charge in [-0.1, -0.05) is 29.8 Å². The topological polar surface area (TPSA) is 0 Å². The fraction of sp³-hybridized carbons (Fsp3) is 0.400. The summed E-state index contributed by atoms with van der Waals surface area (Å²) >= 11 is 0. The van der Waals surface area contributed by atoms with Gasteiger partial charge in [-0.2, -0.15) is 0 Å². The van der Waals surface area contributed by atoms with Crippen LogP contribution < -0.4 is 0 Å². The second-order valence-electron chi connectivity index (χ2n) is 6.57. The van der Waals surface area contributed by atoms with Gasteiger partial charge in [0.05, 0.1) is 0 Å². The number of benzene rings is 2. The Hall–Kier alpha value is -1.70. The molecule has 0 spiro atoms. The average Bonchev–Trinajstić information content (AvgIpc) is 2.53. The summed E-state index contributed by atoms with van der Waals surface area (Å²) in [5.74, 6) is 0.0228. The maximum Gasteiger partial charge on any atom is 0.129 e. The maximum atomic E-state index is 13.7. The molecule has 1 saturated carbocycles. The molecule has 0 unspecified atom stereocenters. The highest BCUT2D eigenvalue weighted by Gasteiger charge is 2.24. The van der Waals surface area contributed by atoms with Crippen LogP contribution in [0.2, 0.25) is 0 Å². The van der Waals surface area contributed by atoms with E-state index in [1.165, 1.54) is 30.2 Å².